The van der Waals surface area contributed by atoms with Crippen molar-refractivity contribution in [1.29, 1.82) is 5.26 Å². The highest BCUT2D eigenvalue weighted by Crippen LogP contribution is 2.13. The summed E-state index contributed by atoms with van der Waals surface area (Å²) < 4.78 is 0. The van der Waals surface area contributed by atoms with Gasteiger partial charge >= 0.3 is 0 Å². The number of nitrogens with zero attached hydrogens (tertiary/aromatic N) is 3. The lowest BCUT2D eigenvalue weighted by atomic mass is 10.1. The SMILES string of the molecule is N#Cc1ccc(C(=O)NCCCCc2ccc([N+](=O)[O-])cc2)nc1. The molecule has 1 N–H and O–H groups in total. The van der Waals surface area contributed by atoms with Crippen LogP contribution in [-0.2, 0) is 6.42 Å². The number of hydrogen-bond donors (Lipinski definition) is 1. The number of pyridine rings is 1. The highest BCUT2D eigenvalue weighted by molar-refractivity contribution is 5.92. The first-order valence-corrected chi connectivity index (χ1v) is 7.48. The zero-order valence-corrected chi connectivity index (χ0v) is 12.9. The third-order valence-corrected chi connectivity index (χ3v) is 3.45. The maximum absolute atomic E-state index is 11.9. The molecule has 24 heavy (non-hydrogen) atoms. The molecule has 0 spiro atoms. The van der Waals surface area contributed by atoms with Crippen LogP contribution in [0.3, 0.4) is 0 Å². The van der Waals surface area contributed by atoms with Gasteiger partial charge in [-0.05, 0) is 37.0 Å². The molecule has 2 rings (SSSR count). The van der Waals surface area contributed by atoms with Gasteiger partial charge in [-0.3, -0.25) is 14.9 Å². The molecule has 7 heteroatoms. The Kier molecular flexibility index (Phi) is 5.97. The number of rotatable bonds is 7. The topological polar surface area (TPSA) is 109 Å². The third kappa shape index (κ3) is 4.88. The van der Waals surface area contributed by atoms with Crippen LogP contribution in [0.2, 0.25) is 0 Å². The van der Waals surface area contributed by atoms with Crippen LogP contribution in [0.5, 0.6) is 0 Å². The number of amides is 1. The van der Waals surface area contributed by atoms with E-state index >= 15 is 0 Å². The molecule has 0 saturated heterocycles. The van der Waals surface area contributed by atoms with E-state index in [1.54, 1.807) is 18.2 Å². The molecule has 1 heterocycles. The van der Waals surface area contributed by atoms with Crippen molar-refractivity contribution in [3.05, 3.63) is 69.5 Å². The monoisotopic (exact) mass is 324 g/mol. The fraction of sp³-hybridized carbons (Fsp3) is 0.235. The predicted molar refractivity (Wildman–Crippen MR) is 87.3 cm³/mol. The molecule has 0 atom stereocenters. The number of nitrogens with one attached hydrogen (secondary N) is 1. The average molecular weight is 324 g/mol. The van der Waals surface area contributed by atoms with Gasteiger partial charge in [0.2, 0.25) is 0 Å². The Morgan fingerprint density at radius 2 is 1.96 bits per heavy atom. The molecule has 122 valence electrons. The second-order valence-corrected chi connectivity index (χ2v) is 5.18. The molecule has 0 fully saturated rings. The molecule has 0 aliphatic carbocycles. The maximum atomic E-state index is 11.9. The van der Waals surface area contributed by atoms with Crippen LogP contribution in [0.25, 0.3) is 0 Å². The second kappa shape index (κ2) is 8.39. The van der Waals surface area contributed by atoms with Crippen LogP contribution in [0.1, 0.15) is 34.5 Å². The van der Waals surface area contributed by atoms with Crippen molar-refractivity contribution in [3.63, 3.8) is 0 Å². The Morgan fingerprint density at radius 1 is 1.21 bits per heavy atom. The number of non-ortho nitro benzene ring substituents is 1. The number of unbranched alkanes of at least 4 members (excludes halogenated alkanes) is 1. The molecular weight excluding hydrogens is 308 g/mol. The van der Waals surface area contributed by atoms with E-state index in [4.69, 9.17) is 5.26 Å². The van der Waals surface area contributed by atoms with Crippen molar-refractivity contribution in [2.45, 2.75) is 19.3 Å². The van der Waals surface area contributed by atoms with Gasteiger partial charge in [-0.1, -0.05) is 12.1 Å². The van der Waals surface area contributed by atoms with Gasteiger partial charge in [-0.25, -0.2) is 4.98 Å². The van der Waals surface area contributed by atoms with E-state index < -0.39 is 4.92 Å². The molecule has 1 aromatic heterocycles. The fourth-order valence-corrected chi connectivity index (χ4v) is 2.13. The van der Waals surface area contributed by atoms with E-state index in [0.29, 0.717) is 12.1 Å². The standard InChI is InChI=1S/C17H16N4O3/c18-11-14-6-9-16(20-12-14)17(22)19-10-2-1-3-13-4-7-15(8-5-13)21(23)24/h4-9,12H,1-3,10H2,(H,19,22). The number of nitriles is 1. The third-order valence-electron chi connectivity index (χ3n) is 3.45. The number of carbonyl (C=O) groups is 1. The maximum Gasteiger partial charge on any atom is 0.269 e. The first-order valence-electron chi connectivity index (χ1n) is 7.48. The number of hydrogen-bond acceptors (Lipinski definition) is 5. The van der Waals surface area contributed by atoms with Gasteiger partial charge in [0.25, 0.3) is 11.6 Å². The van der Waals surface area contributed by atoms with Crippen molar-refractivity contribution in [3.8, 4) is 6.07 Å². The number of nitro benzene ring substituents is 1. The number of carbonyl (C=O) groups excluding carboxylic acids is 1. The van der Waals surface area contributed by atoms with E-state index in [-0.39, 0.29) is 17.3 Å². The first-order chi connectivity index (χ1) is 11.6. The van der Waals surface area contributed by atoms with E-state index in [2.05, 4.69) is 10.3 Å². The summed E-state index contributed by atoms with van der Waals surface area (Å²) in [4.78, 5) is 25.9. The molecule has 0 radical (unpaired) electrons. The average Bonchev–Trinajstić information content (AvgIpc) is 2.61. The lowest BCUT2D eigenvalue weighted by Gasteiger charge is -2.05. The van der Waals surface area contributed by atoms with Gasteiger partial charge in [0, 0.05) is 24.9 Å². The quantitative estimate of drug-likeness (QED) is 0.478. The van der Waals surface area contributed by atoms with Gasteiger partial charge in [0.05, 0.1) is 10.5 Å². The smallest absolute Gasteiger partial charge is 0.269 e. The number of benzene rings is 1. The van der Waals surface area contributed by atoms with Gasteiger partial charge in [0.1, 0.15) is 11.8 Å². The number of aromatic nitrogens is 1. The fourth-order valence-electron chi connectivity index (χ4n) is 2.13. The summed E-state index contributed by atoms with van der Waals surface area (Å²) in [5.41, 5.74) is 1.81. The molecule has 0 aliphatic rings. The molecule has 0 unspecified atom stereocenters. The zero-order valence-electron chi connectivity index (χ0n) is 12.9. The Bertz CT molecular complexity index is 749. The summed E-state index contributed by atoms with van der Waals surface area (Å²) in [6.07, 6.45) is 3.81. The summed E-state index contributed by atoms with van der Waals surface area (Å²) in [6, 6.07) is 11.5. The van der Waals surface area contributed by atoms with Crippen molar-refractivity contribution >= 4 is 11.6 Å². The summed E-state index contributed by atoms with van der Waals surface area (Å²) in [5, 5.41) is 22.0. The summed E-state index contributed by atoms with van der Waals surface area (Å²) >= 11 is 0. The van der Waals surface area contributed by atoms with Crippen molar-refractivity contribution in [2.75, 3.05) is 6.54 Å². The molecule has 0 bridgehead atoms. The Hall–Kier alpha value is -3.27. The summed E-state index contributed by atoms with van der Waals surface area (Å²) in [7, 11) is 0. The minimum atomic E-state index is -0.420. The van der Waals surface area contributed by atoms with E-state index in [9.17, 15) is 14.9 Å². The molecule has 1 aromatic carbocycles. The molecule has 2 aromatic rings. The first kappa shape index (κ1) is 17.1. The zero-order chi connectivity index (χ0) is 17.4. The predicted octanol–water partition coefficient (Wildman–Crippen LogP) is 2.61. The van der Waals surface area contributed by atoms with Crippen LogP contribution in [0.15, 0.2) is 42.6 Å². The summed E-state index contributed by atoms with van der Waals surface area (Å²) in [6.45, 7) is 0.521. The number of aryl methyl sites for hydroxylation is 1. The molecule has 0 aliphatic heterocycles. The van der Waals surface area contributed by atoms with Crippen LogP contribution in [0.4, 0.5) is 5.69 Å². The van der Waals surface area contributed by atoms with Crippen LogP contribution in [0, 0.1) is 21.4 Å². The highest BCUT2D eigenvalue weighted by atomic mass is 16.6. The minimum absolute atomic E-state index is 0.0842. The van der Waals surface area contributed by atoms with Crippen molar-refractivity contribution < 1.29 is 9.72 Å². The Balaban J connectivity index is 1.69. The number of nitro groups is 1. The normalized spacial score (nSPS) is 9.96. The lowest BCUT2D eigenvalue weighted by molar-refractivity contribution is -0.384. The van der Waals surface area contributed by atoms with Gasteiger partial charge in [-0.15, -0.1) is 0 Å². The van der Waals surface area contributed by atoms with Crippen molar-refractivity contribution in [2.24, 2.45) is 0 Å². The minimum Gasteiger partial charge on any atom is -0.351 e. The Labute approximate surface area is 139 Å². The summed E-state index contributed by atoms with van der Waals surface area (Å²) in [5.74, 6) is -0.269. The second-order valence-electron chi connectivity index (χ2n) is 5.18. The van der Waals surface area contributed by atoms with E-state index in [0.717, 1.165) is 24.8 Å². The van der Waals surface area contributed by atoms with Gasteiger partial charge in [0.15, 0.2) is 0 Å². The lowest BCUT2D eigenvalue weighted by Crippen LogP contribution is -2.25. The molecular formula is C17H16N4O3. The van der Waals surface area contributed by atoms with Crippen molar-refractivity contribution in [1.82, 2.24) is 10.3 Å². The molecule has 1 amide bonds. The van der Waals surface area contributed by atoms with Gasteiger partial charge in [-0.2, -0.15) is 5.26 Å². The molecule has 0 saturated carbocycles. The largest absolute Gasteiger partial charge is 0.351 e. The van der Waals surface area contributed by atoms with Gasteiger partial charge < -0.3 is 5.32 Å². The van der Waals surface area contributed by atoms with Crippen LogP contribution < -0.4 is 5.32 Å². The van der Waals surface area contributed by atoms with E-state index in [1.165, 1.54) is 24.4 Å². The van der Waals surface area contributed by atoms with E-state index in [1.807, 2.05) is 6.07 Å². The van der Waals surface area contributed by atoms with Crippen LogP contribution >= 0.6 is 0 Å². The molecule has 7 nitrogen and oxygen atoms in total. The van der Waals surface area contributed by atoms with Crippen LogP contribution in [-0.4, -0.2) is 22.4 Å². The highest BCUT2D eigenvalue weighted by Gasteiger charge is 2.06. The Morgan fingerprint density at radius 3 is 2.54 bits per heavy atom.